The van der Waals surface area contributed by atoms with Gasteiger partial charge in [0.25, 0.3) is 11.8 Å². The quantitative estimate of drug-likeness (QED) is 0.346. The molecule has 9 nitrogen and oxygen atoms in total. The van der Waals surface area contributed by atoms with Crippen molar-refractivity contribution in [2.45, 2.75) is 43.3 Å². The molecule has 1 saturated carbocycles. The molecule has 13 heteroatoms. The topological polar surface area (TPSA) is 116 Å². The van der Waals surface area contributed by atoms with Crippen LogP contribution in [0.2, 0.25) is 0 Å². The fraction of sp³-hybridized carbons (Fsp3) is 0.276. The van der Waals surface area contributed by atoms with Crippen molar-refractivity contribution in [1.82, 2.24) is 10.3 Å². The number of nitriles is 1. The molecule has 1 unspecified atom stereocenters. The van der Waals surface area contributed by atoms with Gasteiger partial charge in [0, 0.05) is 40.8 Å². The zero-order chi connectivity index (χ0) is 30.0. The summed E-state index contributed by atoms with van der Waals surface area (Å²) in [7, 11) is 0. The SMILES string of the molecule is N#Cc1ccnc(N2C(=O)OCC[C@H]2C(=O)N(c2cccc(F)c2)C(C(=O)NC2CC(F)(F)C2)c2ccccc2I)c1. The number of anilines is 2. The highest BCUT2D eigenvalue weighted by atomic mass is 127. The second kappa shape index (κ2) is 12.0. The first-order valence-electron chi connectivity index (χ1n) is 12.9. The minimum Gasteiger partial charge on any atom is -0.449 e. The van der Waals surface area contributed by atoms with E-state index in [0.29, 0.717) is 9.13 Å². The molecule has 5 rings (SSSR count). The molecule has 0 radical (unpaired) electrons. The Morgan fingerprint density at radius 2 is 1.93 bits per heavy atom. The molecular weight excluding hydrogens is 666 g/mol. The predicted molar refractivity (Wildman–Crippen MR) is 153 cm³/mol. The van der Waals surface area contributed by atoms with Crippen LogP contribution < -0.4 is 15.1 Å². The van der Waals surface area contributed by atoms with E-state index >= 15 is 0 Å². The summed E-state index contributed by atoms with van der Waals surface area (Å²) in [5, 5.41) is 12.0. The number of amides is 3. The average molecular weight is 689 g/mol. The summed E-state index contributed by atoms with van der Waals surface area (Å²) in [4.78, 5) is 47.7. The molecule has 3 aromatic rings. The number of ether oxygens (including phenoxy) is 1. The lowest BCUT2D eigenvalue weighted by Gasteiger charge is -2.41. The van der Waals surface area contributed by atoms with Crippen LogP contribution in [0.25, 0.3) is 0 Å². The summed E-state index contributed by atoms with van der Waals surface area (Å²) in [6, 6.07) is 13.0. The first-order valence-corrected chi connectivity index (χ1v) is 14.0. The molecular formula is C29H23F3IN5O4. The standard InChI is InChI=1S/C29H23F3IN5O4/c30-18-4-3-5-20(13-18)37(25(21-6-1-2-7-22(21)33)26(39)36-19-14-29(31,32)15-19)27(40)23-9-11-42-28(41)38(23)24-12-17(16-34)8-10-35-24/h1-8,10,12-13,19,23,25H,9,11,14-15H2,(H,36,39)/t23-,25?/m0/s1. The first kappa shape index (κ1) is 29.3. The van der Waals surface area contributed by atoms with E-state index in [1.54, 1.807) is 24.3 Å². The minimum atomic E-state index is -2.90. The Kier molecular flexibility index (Phi) is 8.35. The van der Waals surface area contributed by atoms with Gasteiger partial charge in [-0.3, -0.25) is 14.5 Å². The molecule has 1 aromatic heterocycles. The van der Waals surface area contributed by atoms with Crippen molar-refractivity contribution in [2.24, 2.45) is 0 Å². The monoisotopic (exact) mass is 689 g/mol. The number of hydrogen-bond acceptors (Lipinski definition) is 6. The maximum atomic E-state index is 14.6. The normalized spacial score (nSPS) is 18.7. The van der Waals surface area contributed by atoms with E-state index in [-0.39, 0.29) is 30.1 Å². The van der Waals surface area contributed by atoms with Crippen molar-refractivity contribution in [1.29, 1.82) is 5.26 Å². The number of rotatable bonds is 7. The molecule has 216 valence electrons. The van der Waals surface area contributed by atoms with Crippen molar-refractivity contribution >= 4 is 52.0 Å². The number of cyclic esters (lactones) is 1. The van der Waals surface area contributed by atoms with Crippen LogP contribution in [0.1, 0.15) is 36.4 Å². The van der Waals surface area contributed by atoms with Crippen LogP contribution in [0.3, 0.4) is 0 Å². The molecule has 3 amide bonds. The number of halogens is 4. The smallest absolute Gasteiger partial charge is 0.416 e. The number of carbonyl (C=O) groups excluding carboxylic acids is 3. The Bertz CT molecular complexity index is 1570. The minimum absolute atomic E-state index is 0.0100. The molecule has 2 fully saturated rings. The lowest BCUT2D eigenvalue weighted by Crippen LogP contribution is -2.58. The second-order valence-corrected chi connectivity index (χ2v) is 11.0. The predicted octanol–water partition coefficient (Wildman–Crippen LogP) is 5.10. The number of benzene rings is 2. The molecule has 1 aliphatic heterocycles. The summed E-state index contributed by atoms with van der Waals surface area (Å²) >= 11 is 2.00. The highest BCUT2D eigenvalue weighted by molar-refractivity contribution is 14.1. The van der Waals surface area contributed by atoms with Crippen LogP contribution in [0.5, 0.6) is 0 Å². The zero-order valence-electron chi connectivity index (χ0n) is 21.8. The van der Waals surface area contributed by atoms with Gasteiger partial charge in [-0.1, -0.05) is 24.3 Å². The fourth-order valence-electron chi connectivity index (χ4n) is 5.02. The number of alkyl halides is 2. The van der Waals surface area contributed by atoms with E-state index in [9.17, 15) is 32.8 Å². The molecule has 1 aliphatic carbocycles. The summed E-state index contributed by atoms with van der Waals surface area (Å²) in [6.45, 7) is -0.127. The van der Waals surface area contributed by atoms with Crippen LogP contribution in [0, 0.1) is 20.7 Å². The fourth-order valence-corrected chi connectivity index (χ4v) is 5.70. The molecule has 42 heavy (non-hydrogen) atoms. The van der Waals surface area contributed by atoms with Crippen molar-refractivity contribution in [2.75, 3.05) is 16.4 Å². The molecule has 2 heterocycles. The highest BCUT2D eigenvalue weighted by Gasteiger charge is 2.48. The van der Waals surface area contributed by atoms with Gasteiger partial charge >= 0.3 is 6.09 Å². The number of hydrogen-bond donors (Lipinski definition) is 1. The largest absolute Gasteiger partial charge is 0.449 e. The lowest BCUT2D eigenvalue weighted by molar-refractivity contribution is -0.133. The van der Waals surface area contributed by atoms with E-state index in [1.165, 1.54) is 36.5 Å². The Labute approximate surface area is 252 Å². The van der Waals surface area contributed by atoms with Gasteiger partial charge in [-0.2, -0.15) is 5.26 Å². The summed E-state index contributed by atoms with van der Waals surface area (Å²) in [5.74, 6) is -5.12. The molecule has 2 aliphatic rings. The average Bonchev–Trinajstić information content (AvgIpc) is 2.95. The molecule has 0 spiro atoms. The third-order valence-electron chi connectivity index (χ3n) is 7.00. The Morgan fingerprint density at radius 3 is 2.62 bits per heavy atom. The summed E-state index contributed by atoms with van der Waals surface area (Å²) < 4.78 is 47.6. The van der Waals surface area contributed by atoms with Crippen LogP contribution in [0.15, 0.2) is 66.9 Å². The lowest BCUT2D eigenvalue weighted by atomic mass is 9.87. The Hall–Kier alpha value is -4.19. The first-order chi connectivity index (χ1) is 20.1. The van der Waals surface area contributed by atoms with Gasteiger partial charge in [-0.05, 0) is 64.6 Å². The molecule has 0 bridgehead atoms. The van der Waals surface area contributed by atoms with Crippen molar-refractivity contribution in [3.05, 3.63) is 87.4 Å². The van der Waals surface area contributed by atoms with Gasteiger partial charge < -0.3 is 10.1 Å². The Morgan fingerprint density at radius 1 is 1.17 bits per heavy atom. The zero-order valence-corrected chi connectivity index (χ0v) is 24.0. The van der Waals surface area contributed by atoms with Crippen LogP contribution in [-0.2, 0) is 14.3 Å². The van der Waals surface area contributed by atoms with E-state index in [2.05, 4.69) is 10.3 Å². The van der Waals surface area contributed by atoms with E-state index in [0.717, 1.165) is 15.9 Å². The van der Waals surface area contributed by atoms with Crippen molar-refractivity contribution in [3.63, 3.8) is 0 Å². The highest BCUT2D eigenvalue weighted by Crippen LogP contribution is 2.39. The van der Waals surface area contributed by atoms with E-state index in [4.69, 9.17) is 4.74 Å². The molecule has 2 aromatic carbocycles. The Balaban J connectivity index is 1.62. The van der Waals surface area contributed by atoms with E-state index < -0.39 is 60.6 Å². The van der Waals surface area contributed by atoms with Crippen molar-refractivity contribution in [3.8, 4) is 6.07 Å². The van der Waals surface area contributed by atoms with Crippen molar-refractivity contribution < 1.29 is 32.3 Å². The number of nitrogens with one attached hydrogen (secondary N) is 1. The molecule has 1 N–H and O–H groups in total. The third-order valence-corrected chi connectivity index (χ3v) is 7.98. The maximum Gasteiger partial charge on any atom is 0.416 e. The van der Waals surface area contributed by atoms with Gasteiger partial charge in [-0.25, -0.2) is 27.8 Å². The van der Waals surface area contributed by atoms with Gasteiger partial charge in [-0.15, -0.1) is 0 Å². The van der Waals surface area contributed by atoms with Crippen LogP contribution >= 0.6 is 22.6 Å². The second-order valence-electron chi connectivity index (χ2n) is 9.89. The molecule has 1 saturated heterocycles. The van der Waals surface area contributed by atoms with Crippen LogP contribution in [-0.4, -0.2) is 47.5 Å². The molecule has 2 atom stereocenters. The maximum absolute atomic E-state index is 14.6. The third kappa shape index (κ3) is 6.03. The van der Waals surface area contributed by atoms with Gasteiger partial charge in [0.15, 0.2) is 0 Å². The number of aromatic nitrogens is 1. The van der Waals surface area contributed by atoms with Gasteiger partial charge in [0.1, 0.15) is 23.7 Å². The van der Waals surface area contributed by atoms with E-state index in [1.807, 2.05) is 28.7 Å². The number of carbonyl (C=O) groups is 3. The summed E-state index contributed by atoms with van der Waals surface area (Å²) in [5.41, 5.74) is 0.560. The van der Waals surface area contributed by atoms with Gasteiger partial charge in [0.05, 0.1) is 18.2 Å². The van der Waals surface area contributed by atoms with Gasteiger partial charge in [0.2, 0.25) is 5.91 Å². The number of nitrogens with zero attached hydrogens (tertiary/aromatic N) is 4. The van der Waals surface area contributed by atoms with Crippen LogP contribution in [0.4, 0.5) is 29.5 Å². The number of pyridine rings is 1. The summed E-state index contributed by atoms with van der Waals surface area (Å²) in [6.07, 6.45) is -0.695.